The highest BCUT2D eigenvalue weighted by Gasteiger charge is 2.20. The average molecular weight is 363 g/mol. The van der Waals surface area contributed by atoms with Gasteiger partial charge >= 0.3 is 5.97 Å². The van der Waals surface area contributed by atoms with Gasteiger partial charge in [-0.3, -0.25) is 4.72 Å². The van der Waals surface area contributed by atoms with E-state index in [0.717, 1.165) is 11.3 Å². The first-order chi connectivity index (χ1) is 8.90. The summed E-state index contributed by atoms with van der Waals surface area (Å²) in [5, 5.41) is 10.7. The molecule has 0 atom stereocenters. The number of hydrogen-bond acceptors (Lipinski definition) is 5. The van der Waals surface area contributed by atoms with Crippen LogP contribution < -0.4 is 4.72 Å². The molecule has 2 rings (SSSR count). The summed E-state index contributed by atoms with van der Waals surface area (Å²) in [6, 6.07) is 3.69. The van der Waals surface area contributed by atoms with Gasteiger partial charge in [0.15, 0.2) is 5.13 Å². The van der Waals surface area contributed by atoms with Crippen LogP contribution in [0.15, 0.2) is 39.1 Å². The van der Waals surface area contributed by atoms with Gasteiger partial charge in [0.1, 0.15) is 4.90 Å². The molecule has 0 radical (unpaired) electrons. The number of rotatable bonds is 4. The quantitative estimate of drug-likeness (QED) is 0.870. The van der Waals surface area contributed by atoms with Crippen molar-refractivity contribution in [1.82, 2.24) is 4.98 Å². The molecule has 9 heteroatoms. The van der Waals surface area contributed by atoms with Crippen LogP contribution in [-0.4, -0.2) is 24.5 Å². The van der Waals surface area contributed by atoms with Crippen molar-refractivity contribution in [2.75, 3.05) is 4.72 Å². The maximum absolute atomic E-state index is 12.1. The van der Waals surface area contributed by atoms with Crippen LogP contribution in [0, 0.1) is 0 Å². The molecule has 0 aliphatic rings. The molecule has 0 spiro atoms. The summed E-state index contributed by atoms with van der Waals surface area (Å²) in [7, 11) is -3.80. The molecule has 19 heavy (non-hydrogen) atoms. The number of anilines is 1. The van der Waals surface area contributed by atoms with Crippen molar-refractivity contribution in [2.45, 2.75) is 4.90 Å². The number of hydrogen-bond donors (Lipinski definition) is 2. The first-order valence-electron chi connectivity index (χ1n) is 4.85. The molecule has 0 aliphatic carbocycles. The van der Waals surface area contributed by atoms with Crippen molar-refractivity contribution in [2.24, 2.45) is 0 Å². The molecule has 0 aliphatic heterocycles. The number of carboxylic acids is 1. The summed E-state index contributed by atoms with van der Waals surface area (Å²) in [5.41, 5.74) is 0.0000682. The molecule has 2 aromatic rings. The lowest BCUT2D eigenvalue weighted by molar-refractivity contribution is 0.0696. The van der Waals surface area contributed by atoms with Gasteiger partial charge in [0.05, 0.1) is 5.56 Å². The second-order valence-corrected chi connectivity index (χ2v) is 6.79. The van der Waals surface area contributed by atoms with E-state index in [9.17, 15) is 13.2 Å². The van der Waals surface area contributed by atoms with Gasteiger partial charge in [-0.2, -0.15) is 0 Å². The third-order valence-corrected chi connectivity index (χ3v) is 5.26. The molecule has 1 aromatic heterocycles. The highest BCUT2D eigenvalue weighted by Crippen LogP contribution is 2.26. The van der Waals surface area contributed by atoms with Crippen molar-refractivity contribution in [3.05, 3.63) is 39.8 Å². The summed E-state index contributed by atoms with van der Waals surface area (Å²) in [6.45, 7) is 0. The third kappa shape index (κ3) is 3.11. The first-order valence-corrected chi connectivity index (χ1v) is 8.01. The Balaban J connectivity index is 2.38. The number of carbonyl (C=O) groups is 1. The summed E-state index contributed by atoms with van der Waals surface area (Å²) < 4.78 is 26.6. The zero-order valence-electron chi connectivity index (χ0n) is 9.20. The SMILES string of the molecule is O=C(O)c1ccc(S(=O)(=O)Nc2nccs2)c(Br)c1. The largest absolute Gasteiger partial charge is 0.478 e. The summed E-state index contributed by atoms with van der Waals surface area (Å²) in [5.74, 6) is -1.13. The Hall–Kier alpha value is -1.45. The molecule has 0 bridgehead atoms. The molecular formula is C10H7BrN2O4S2. The normalized spacial score (nSPS) is 11.2. The molecule has 100 valence electrons. The molecular weight excluding hydrogens is 356 g/mol. The van der Waals surface area contributed by atoms with E-state index in [0.29, 0.717) is 0 Å². The van der Waals surface area contributed by atoms with E-state index in [1.807, 2.05) is 0 Å². The number of benzene rings is 1. The number of nitrogens with zero attached hydrogens (tertiary/aromatic N) is 1. The second kappa shape index (κ2) is 5.27. The summed E-state index contributed by atoms with van der Waals surface area (Å²) in [6.07, 6.45) is 1.48. The van der Waals surface area contributed by atoms with Crippen molar-refractivity contribution >= 4 is 48.4 Å². The zero-order valence-corrected chi connectivity index (χ0v) is 12.4. The minimum atomic E-state index is -3.80. The fourth-order valence-electron chi connectivity index (χ4n) is 1.30. The van der Waals surface area contributed by atoms with Crippen LogP contribution in [0.3, 0.4) is 0 Å². The number of sulfonamides is 1. The lowest BCUT2D eigenvalue weighted by atomic mass is 10.2. The Morgan fingerprint density at radius 1 is 1.42 bits per heavy atom. The van der Waals surface area contributed by atoms with Gasteiger partial charge in [-0.15, -0.1) is 11.3 Å². The lowest BCUT2D eigenvalue weighted by Crippen LogP contribution is -2.13. The minimum absolute atomic E-state index is 0.0000682. The molecule has 0 saturated carbocycles. The van der Waals surface area contributed by atoms with Crippen molar-refractivity contribution in [3.8, 4) is 0 Å². The van der Waals surface area contributed by atoms with Gasteiger partial charge in [-0.05, 0) is 34.1 Å². The molecule has 0 amide bonds. The summed E-state index contributed by atoms with van der Waals surface area (Å²) in [4.78, 5) is 14.5. The van der Waals surface area contributed by atoms with Crippen LogP contribution in [0.5, 0.6) is 0 Å². The van der Waals surface area contributed by atoms with E-state index in [4.69, 9.17) is 5.11 Å². The Kier molecular flexibility index (Phi) is 3.88. The van der Waals surface area contributed by atoms with Crippen LogP contribution in [0.1, 0.15) is 10.4 Å². The maximum atomic E-state index is 12.1. The van der Waals surface area contributed by atoms with E-state index in [-0.39, 0.29) is 20.1 Å². The number of aromatic carboxylic acids is 1. The van der Waals surface area contributed by atoms with E-state index >= 15 is 0 Å². The van der Waals surface area contributed by atoms with Gasteiger partial charge in [-0.1, -0.05) is 0 Å². The van der Waals surface area contributed by atoms with Gasteiger partial charge < -0.3 is 5.11 Å². The van der Waals surface area contributed by atoms with Gasteiger partial charge in [0.2, 0.25) is 0 Å². The Morgan fingerprint density at radius 3 is 2.68 bits per heavy atom. The topological polar surface area (TPSA) is 96.4 Å². The Bertz CT molecular complexity index is 713. The highest BCUT2D eigenvalue weighted by molar-refractivity contribution is 9.10. The maximum Gasteiger partial charge on any atom is 0.335 e. The molecule has 0 unspecified atom stereocenters. The lowest BCUT2D eigenvalue weighted by Gasteiger charge is -2.07. The first kappa shape index (κ1) is 14.0. The fraction of sp³-hybridized carbons (Fsp3) is 0. The van der Waals surface area contributed by atoms with E-state index in [1.54, 1.807) is 5.38 Å². The van der Waals surface area contributed by atoms with Gasteiger partial charge in [0.25, 0.3) is 10.0 Å². The van der Waals surface area contributed by atoms with Gasteiger partial charge in [-0.25, -0.2) is 18.2 Å². The standard InChI is InChI=1S/C10H7BrN2O4S2/c11-7-5-6(9(14)15)1-2-8(7)19(16,17)13-10-12-3-4-18-10/h1-5H,(H,12,13)(H,14,15). The van der Waals surface area contributed by atoms with Crippen molar-refractivity contribution < 1.29 is 18.3 Å². The van der Waals surface area contributed by atoms with Crippen LogP contribution in [0.25, 0.3) is 0 Å². The predicted octanol–water partition coefficient (Wildman–Crippen LogP) is 2.40. The molecule has 0 saturated heterocycles. The summed E-state index contributed by atoms with van der Waals surface area (Å²) >= 11 is 4.20. The second-order valence-electron chi connectivity index (χ2n) is 3.39. The van der Waals surface area contributed by atoms with Crippen LogP contribution >= 0.6 is 27.3 Å². The van der Waals surface area contributed by atoms with E-state index in [2.05, 4.69) is 25.6 Å². The van der Waals surface area contributed by atoms with Crippen molar-refractivity contribution in [1.29, 1.82) is 0 Å². The number of halogens is 1. The Morgan fingerprint density at radius 2 is 2.16 bits per heavy atom. The van der Waals surface area contributed by atoms with Gasteiger partial charge in [0, 0.05) is 16.0 Å². The van der Waals surface area contributed by atoms with Crippen LogP contribution in [0.2, 0.25) is 0 Å². The fourth-order valence-corrected chi connectivity index (χ4v) is 4.16. The number of aromatic nitrogens is 1. The van der Waals surface area contributed by atoms with Crippen molar-refractivity contribution in [3.63, 3.8) is 0 Å². The molecule has 6 nitrogen and oxygen atoms in total. The molecule has 0 fully saturated rings. The molecule has 1 heterocycles. The average Bonchev–Trinajstić information content (AvgIpc) is 2.80. The molecule has 1 aromatic carbocycles. The predicted molar refractivity (Wildman–Crippen MR) is 74.0 cm³/mol. The number of thiazole rings is 1. The number of nitrogens with one attached hydrogen (secondary N) is 1. The highest BCUT2D eigenvalue weighted by atomic mass is 79.9. The van der Waals surface area contributed by atoms with E-state index < -0.39 is 16.0 Å². The van der Waals surface area contributed by atoms with Crippen LogP contribution in [-0.2, 0) is 10.0 Å². The monoisotopic (exact) mass is 362 g/mol. The van der Waals surface area contributed by atoms with Crippen LogP contribution in [0.4, 0.5) is 5.13 Å². The number of carboxylic acid groups (broad SMARTS) is 1. The smallest absolute Gasteiger partial charge is 0.335 e. The molecule has 2 N–H and O–H groups in total. The zero-order chi connectivity index (χ0) is 14.0. The minimum Gasteiger partial charge on any atom is -0.478 e. The third-order valence-electron chi connectivity index (χ3n) is 2.12. The Labute approximate surface area is 121 Å². The van der Waals surface area contributed by atoms with E-state index in [1.165, 1.54) is 24.4 Å².